The van der Waals surface area contributed by atoms with Crippen molar-refractivity contribution in [3.05, 3.63) is 18.2 Å². The predicted octanol–water partition coefficient (Wildman–Crippen LogP) is 0.974. The highest BCUT2D eigenvalue weighted by atomic mass is 32.2. The second kappa shape index (κ2) is 8.86. The van der Waals surface area contributed by atoms with E-state index in [0.717, 1.165) is 6.42 Å². The number of hydroxylamine groups is 1. The van der Waals surface area contributed by atoms with Gasteiger partial charge in [-0.05, 0) is 25.0 Å². The zero-order chi connectivity index (χ0) is 17.4. The first kappa shape index (κ1) is 18.5. The molecule has 8 nitrogen and oxygen atoms in total. The summed E-state index contributed by atoms with van der Waals surface area (Å²) in [6, 6.07) is 4.55. The fourth-order valence-electron chi connectivity index (χ4n) is 2.23. The molecule has 0 unspecified atom stereocenters. The summed E-state index contributed by atoms with van der Waals surface area (Å²) in [5.74, 6) is 0.803. The van der Waals surface area contributed by atoms with Crippen molar-refractivity contribution in [1.82, 2.24) is 10.2 Å². The maximum absolute atomic E-state index is 12.3. The Hall–Kier alpha value is -1.84. The molecule has 0 atom stereocenters. The number of carbonyl (C=O) groups excluding carboxylic acids is 1. The molecule has 24 heavy (non-hydrogen) atoms. The van der Waals surface area contributed by atoms with Crippen LogP contribution in [0.3, 0.4) is 0 Å². The number of amides is 1. The van der Waals surface area contributed by atoms with Gasteiger partial charge in [-0.1, -0.05) is 6.42 Å². The molecule has 0 saturated carbocycles. The summed E-state index contributed by atoms with van der Waals surface area (Å²) in [5.41, 5.74) is 2.23. The molecule has 1 aromatic carbocycles. The average Bonchev–Trinajstić information content (AvgIpc) is 2.57. The lowest BCUT2D eigenvalue weighted by Gasteiger charge is -2.18. The Bertz CT molecular complexity index is 662. The molecule has 0 aliphatic carbocycles. The average molecular weight is 358 g/mol. The van der Waals surface area contributed by atoms with Gasteiger partial charge in [-0.2, -0.15) is 0 Å². The maximum Gasteiger partial charge on any atom is 0.243 e. The minimum Gasteiger partial charge on any atom is -0.486 e. The molecule has 1 aliphatic rings. The van der Waals surface area contributed by atoms with Crippen LogP contribution in [0, 0.1) is 0 Å². The van der Waals surface area contributed by atoms with E-state index in [9.17, 15) is 13.2 Å². The van der Waals surface area contributed by atoms with Gasteiger partial charge in [0.1, 0.15) is 13.2 Å². The van der Waals surface area contributed by atoms with E-state index in [-0.39, 0.29) is 10.8 Å². The predicted molar refractivity (Wildman–Crippen MR) is 86.2 cm³/mol. The Labute approximate surface area is 141 Å². The van der Waals surface area contributed by atoms with Crippen LogP contribution in [0.2, 0.25) is 0 Å². The SMILES string of the molecule is CONC(=O)CCCCCNS(=O)(=O)c1ccc2c(c1)OCCO2. The van der Waals surface area contributed by atoms with Gasteiger partial charge < -0.3 is 9.47 Å². The molecule has 2 N–H and O–H groups in total. The number of nitrogens with one attached hydrogen (secondary N) is 2. The van der Waals surface area contributed by atoms with Crippen LogP contribution >= 0.6 is 0 Å². The molecule has 0 saturated heterocycles. The monoisotopic (exact) mass is 358 g/mol. The quantitative estimate of drug-likeness (QED) is 0.504. The normalized spacial score (nSPS) is 13.5. The van der Waals surface area contributed by atoms with E-state index in [2.05, 4.69) is 15.0 Å². The van der Waals surface area contributed by atoms with Crippen LogP contribution in [0.15, 0.2) is 23.1 Å². The van der Waals surface area contributed by atoms with Crippen molar-refractivity contribution < 1.29 is 27.5 Å². The number of hydrogen-bond acceptors (Lipinski definition) is 6. The number of fused-ring (bicyclic) bond motifs is 1. The molecule has 134 valence electrons. The molecule has 9 heteroatoms. The van der Waals surface area contributed by atoms with Crippen molar-refractivity contribution in [2.45, 2.75) is 30.6 Å². The van der Waals surface area contributed by atoms with Gasteiger partial charge in [0.25, 0.3) is 0 Å². The lowest BCUT2D eigenvalue weighted by Crippen LogP contribution is -2.25. The molecular weight excluding hydrogens is 336 g/mol. The lowest BCUT2D eigenvalue weighted by atomic mass is 10.2. The van der Waals surface area contributed by atoms with Crippen molar-refractivity contribution >= 4 is 15.9 Å². The molecule has 1 amide bonds. The molecule has 2 rings (SSSR count). The van der Waals surface area contributed by atoms with Gasteiger partial charge in [-0.25, -0.2) is 18.6 Å². The van der Waals surface area contributed by atoms with Crippen LogP contribution in [-0.4, -0.2) is 41.2 Å². The third-order valence-corrected chi connectivity index (χ3v) is 4.87. The fraction of sp³-hybridized carbons (Fsp3) is 0.533. The Morgan fingerprint density at radius 2 is 1.92 bits per heavy atom. The van der Waals surface area contributed by atoms with Gasteiger partial charge in [0.15, 0.2) is 11.5 Å². The summed E-state index contributed by atoms with van der Waals surface area (Å²) >= 11 is 0. The first-order valence-electron chi connectivity index (χ1n) is 7.74. The van der Waals surface area contributed by atoms with Crippen LogP contribution in [0.4, 0.5) is 0 Å². The highest BCUT2D eigenvalue weighted by Gasteiger charge is 2.18. The summed E-state index contributed by atoms with van der Waals surface area (Å²) in [4.78, 5) is 15.8. The number of hydrogen-bond donors (Lipinski definition) is 2. The van der Waals surface area contributed by atoms with Crippen LogP contribution in [0.25, 0.3) is 0 Å². The van der Waals surface area contributed by atoms with Crippen LogP contribution in [-0.2, 0) is 19.7 Å². The molecule has 0 aromatic heterocycles. The van der Waals surface area contributed by atoms with E-state index >= 15 is 0 Å². The molecule has 0 spiro atoms. The van der Waals surface area contributed by atoms with Crippen molar-refractivity contribution in [3.63, 3.8) is 0 Å². The highest BCUT2D eigenvalue weighted by Crippen LogP contribution is 2.32. The van der Waals surface area contributed by atoms with Crippen LogP contribution in [0.5, 0.6) is 11.5 Å². The van der Waals surface area contributed by atoms with E-state index in [1.54, 1.807) is 6.07 Å². The largest absolute Gasteiger partial charge is 0.486 e. The molecule has 1 aliphatic heterocycles. The summed E-state index contributed by atoms with van der Waals surface area (Å²) in [7, 11) is -2.21. The van der Waals surface area contributed by atoms with Crippen molar-refractivity contribution in [1.29, 1.82) is 0 Å². The van der Waals surface area contributed by atoms with E-state index in [1.807, 2.05) is 0 Å². The Morgan fingerprint density at radius 3 is 2.67 bits per heavy atom. The van der Waals surface area contributed by atoms with Crippen LogP contribution < -0.4 is 19.7 Å². The second-order valence-electron chi connectivity index (χ2n) is 5.24. The summed E-state index contributed by atoms with van der Waals surface area (Å²) in [6.07, 6.45) is 2.40. The minimum absolute atomic E-state index is 0.145. The standard InChI is InChI=1S/C15H22N2O6S/c1-21-17-15(18)5-3-2-4-8-16-24(19,20)12-6-7-13-14(11-12)23-10-9-22-13/h6-7,11,16H,2-5,8-10H2,1H3,(H,17,18). The number of carbonyl (C=O) groups is 1. The molecule has 0 fully saturated rings. The number of ether oxygens (including phenoxy) is 2. The van der Waals surface area contributed by atoms with Crippen LogP contribution in [0.1, 0.15) is 25.7 Å². The Morgan fingerprint density at radius 1 is 1.17 bits per heavy atom. The fourth-order valence-corrected chi connectivity index (χ4v) is 3.32. The summed E-state index contributed by atoms with van der Waals surface area (Å²) in [5, 5.41) is 0. The number of benzene rings is 1. The van der Waals surface area contributed by atoms with E-state index in [0.29, 0.717) is 50.5 Å². The molecular formula is C15H22N2O6S. The van der Waals surface area contributed by atoms with Gasteiger partial charge in [-0.3, -0.25) is 9.63 Å². The summed E-state index contributed by atoms with van der Waals surface area (Å²) in [6.45, 7) is 1.17. The van der Waals surface area contributed by atoms with E-state index in [1.165, 1.54) is 19.2 Å². The third-order valence-electron chi connectivity index (χ3n) is 3.41. The first-order valence-corrected chi connectivity index (χ1v) is 9.22. The van der Waals surface area contributed by atoms with Gasteiger partial charge in [-0.15, -0.1) is 0 Å². The summed E-state index contributed by atoms with van der Waals surface area (Å²) < 4.78 is 37.8. The van der Waals surface area contributed by atoms with E-state index in [4.69, 9.17) is 9.47 Å². The molecule has 0 bridgehead atoms. The Balaban J connectivity index is 1.76. The topological polar surface area (TPSA) is 103 Å². The maximum atomic E-state index is 12.3. The van der Waals surface area contributed by atoms with Gasteiger partial charge in [0, 0.05) is 19.0 Å². The number of unbranched alkanes of at least 4 members (excludes halogenated alkanes) is 2. The molecule has 0 radical (unpaired) electrons. The second-order valence-corrected chi connectivity index (χ2v) is 7.01. The Kier molecular flexibility index (Phi) is 6.83. The first-order chi connectivity index (χ1) is 11.5. The van der Waals surface area contributed by atoms with Gasteiger partial charge in [0.05, 0.1) is 12.0 Å². The number of sulfonamides is 1. The zero-order valence-corrected chi connectivity index (χ0v) is 14.4. The third kappa shape index (κ3) is 5.36. The van der Waals surface area contributed by atoms with Crippen molar-refractivity contribution in [2.24, 2.45) is 0 Å². The van der Waals surface area contributed by atoms with E-state index < -0.39 is 10.0 Å². The molecule has 1 heterocycles. The lowest BCUT2D eigenvalue weighted by molar-refractivity contribution is -0.131. The minimum atomic E-state index is -3.59. The van der Waals surface area contributed by atoms with Gasteiger partial charge in [0.2, 0.25) is 15.9 Å². The number of rotatable bonds is 9. The van der Waals surface area contributed by atoms with Crippen molar-refractivity contribution in [2.75, 3.05) is 26.9 Å². The smallest absolute Gasteiger partial charge is 0.243 e. The van der Waals surface area contributed by atoms with Gasteiger partial charge >= 0.3 is 0 Å². The molecule has 1 aromatic rings. The highest BCUT2D eigenvalue weighted by molar-refractivity contribution is 7.89. The zero-order valence-electron chi connectivity index (χ0n) is 13.5. The van der Waals surface area contributed by atoms with Crippen molar-refractivity contribution in [3.8, 4) is 11.5 Å².